The molecule has 0 saturated carbocycles. The lowest BCUT2D eigenvalue weighted by molar-refractivity contribution is -0.127. The minimum atomic E-state index is -3.62. The number of rotatable bonds is 5. The molecule has 1 aliphatic heterocycles. The molecule has 0 atom stereocenters. The number of amides is 1. The lowest BCUT2D eigenvalue weighted by Crippen LogP contribution is -2.50. The van der Waals surface area contributed by atoms with Crippen molar-refractivity contribution >= 4 is 33.6 Å². The Morgan fingerprint density at radius 1 is 1.07 bits per heavy atom. The molecule has 0 spiro atoms. The summed E-state index contributed by atoms with van der Waals surface area (Å²) in [6.45, 7) is 1.13. The van der Waals surface area contributed by atoms with Crippen LogP contribution < -0.4 is 4.74 Å². The SMILES string of the molecule is COc1ccccc1/C=C/C(=O)N1CCN(S(=O)(=O)c2cccc(Cl)c2)CC1. The number of benzene rings is 2. The van der Waals surface area contributed by atoms with Crippen LogP contribution >= 0.6 is 11.6 Å². The third-order valence-electron chi connectivity index (χ3n) is 4.53. The molecular weight excluding hydrogens is 400 g/mol. The van der Waals surface area contributed by atoms with Crippen LogP contribution in [0.25, 0.3) is 6.08 Å². The Bertz CT molecular complexity index is 983. The Hall–Kier alpha value is -2.35. The average molecular weight is 421 g/mol. The molecule has 148 valence electrons. The summed E-state index contributed by atoms with van der Waals surface area (Å²) >= 11 is 5.91. The highest BCUT2D eigenvalue weighted by atomic mass is 35.5. The van der Waals surface area contributed by atoms with Gasteiger partial charge in [-0.1, -0.05) is 35.9 Å². The van der Waals surface area contributed by atoms with Crippen LogP contribution in [0.15, 0.2) is 59.5 Å². The molecule has 6 nitrogen and oxygen atoms in total. The average Bonchev–Trinajstić information content (AvgIpc) is 2.72. The van der Waals surface area contributed by atoms with Crippen LogP contribution in [0, 0.1) is 0 Å². The van der Waals surface area contributed by atoms with Crippen molar-refractivity contribution < 1.29 is 17.9 Å². The van der Waals surface area contributed by atoms with Crippen molar-refractivity contribution in [3.8, 4) is 5.75 Å². The molecule has 0 aliphatic carbocycles. The van der Waals surface area contributed by atoms with Gasteiger partial charge in [0.1, 0.15) is 5.75 Å². The zero-order valence-electron chi connectivity index (χ0n) is 15.4. The quantitative estimate of drug-likeness (QED) is 0.697. The van der Waals surface area contributed by atoms with E-state index < -0.39 is 10.0 Å². The van der Waals surface area contributed by atoms with Crippen molar-refractivity contribution in [1.29, 1.82) is 0 Å². The fourth-order valence-electron chi connectivity index (χ4n) is 3.00. The largest absolute Gasteiger partial charge is 0.496 e. The zero-order chi connectivity index (χ0) is 20.1. The van der Waals surface area contributed by atoms with E-state index in [9.17, 15) is 13.2 Å². The monoisotopic (exact) mass is 420 g/mol. The fraction of sp³-hybridized carbons (Fsp3) is 0.250. The molecule has 2 aromatic rings. The number of carbonyl (C=O) groups is 1. The molecule has 1 heterocycles. The maximum atomic E-state index is 12.7. The van der Waals surface area contributed by atoms with Gasteiger partial charge in [0.05, 0.1) is 12.0 Å². The van der Waals surface area contributed by atoms with E-state index in [1.54, 1.807) is 30.2 Å². The minimum absolute atomic E-state index is 0.161. The number of sulfonamides is 1. The molecule has 3 rings (SSSR count). The number of carbonyl (C=O) groups excluding carboxylic acids is 1. The van der Waals surface area contributed by atoms with E-state index in [4.69, 9.17) is 16.3 Å². The summed E-state index contributed by atoms with van der Waals surface area (Å²) in [5.74, 6) is 0.523. The molecule has 28 heavy (non-hydrogen) atoms. The van der Waals surface area contributed by atoms with Gasteiger partial charge in [-0.25, -0.2) is 8.42 Å². The van der Waals surface area contributed by atoms with E-state index in [0.717, 1.165) is 5.56 Å². The maximum Gasteiger partial charge on any atom is 0.246 e. The molecule has 0 unspecified atom stereocenters. The number of para-hydroxylation sites is 1. The van der Waals surface area contributed by atoms with Gasteiger partial charge in [0.25, 0.3) is 0 Å². The normalized spacial score (nSPS) is 15.7. The second-order valence-corrected chi connectivity index (χ2v) is 8.64. The fourth-order valence-corrected chi connectivity index (χ4v) is 4.72. The lowest BCUT2D eigenvalue weighted by Gasteiger charge is -2.33. The summed E-state index contributed by atoms with van der Waals surface area (Å²) in [4.78, 5) is 14.3. The van der Waals surface area contributed by atoms with Crippen LogP contribution in [0.4, 0.5) is 0 Å². The molecule has 2 aromatic carbocycles. The number of nitrogens with zero attached hydrogens (tertiary/aromatic N) is 2. The Morgan fingerprint density at radius 3 is 2.46 bits per heavy atom. The number of halogens is 1. The van der Waals surface area contributed by atoms with E-state index in [2.05, 4.69) is 0 Å². The van der Waals surface area contributed by atoms with E-state index in [1.807, 2.05) is 24.3 Å². The Morgan fingerprint density at radius 2 is 1.79 bits per heavy atom. The molecule has 0 aromatic heterocycles. The van der Waals surface area contributed by atoms with Crippen molar-refractivity contribution in [1.82, 2.24) is 9.21 Å². The molecule has 1 aliphatic rings. The molecule has 1 saturated heterocycles. The lowest BCUT2D eigenvalue weighted by atomic mass is 10.2. The summed E-state index contributed by atoms with van der Waals surface area (Å²) in [5.41, 5.74) is 0.806. The molecule has 0 N–H and O–H groups in total. The first-order chi connectivity index (χ1) is 13.4. The van der Waals surface area contributed by atoms with Gasteiger partial charge < -0.3 is 9.64 Å². The number of piperazine rings is 1. The Balaban J connectivity index is 1.63. The Kier molecular flexibility index (Phi) is 6.39. The van der Waals surface area contributed by atoms with E-state index in [0.29, 0.717) is 23.9 Å². The van der Waals surface area contributed by atoms with Crippen LogP contribution in [-0.2, 0) is 14.8 Å². The number of methoxy groups -OCH3 is 1. The second-order valence-electron chi connectivity index (χ2n) is 6.26. The van der Waals surface area contributed by atoms with Gasteiger partial charge in [0.2, 0.25) is 15.9 Å². The van der Waals surface area contributed by atoms with Gasteiger partial charge >= 0.3 is 0 Å². The van der Waals surface area contributed by atoms with Crippen molar-refractivity contribution in [2.24, 2.45) is 0 Å². The predicted octanol–water partition coefficient (Wildman–Crippen LogP) is 2.89. The predicted molar refractivity (Wildman–Crippen MR) is 109 cm³/mol. The summed E-state index contributed by atoms with van der Waals surface area (Å²) in [5, 5.41) is 0.372. The summed E-state index contributed by atoms with van der Waals surface area (Å²) in [6, 6.07) is 13.6. The molecule has 1 fully saturated rings. The summed E-state index contributed by atoms with van der Waals surface area (Å²) < 4.78 is 32.1. The van der Waals surface area contributed by atoms with Gasteiger partial charge in [-0.2, -0.15) is 4.31 Å². The van der Waals surface area contributed by atoms with Crippen LogP contribution in [0.3, 0.4) is 0 Å². The highest BCUT2D eigenvalue weighted by molar-refractivity contribution is 7.89. The van der Waals surface area contributed by atoms with E-state index in [1.165, 1.54) is 22.5 Å². The zero-order valence-corrected chi connectivity index (χ0v) is 17.0. The standard InChI is InChI=1S/C20H21ClN2O4S/c1-27-19-8-3-2-5-16(19)9-10-20(24)22-11-13-23(14-12-22)28(25,26)18-7-4-6-17(21)15-18/h2-10,15H,11-14H2,1H3/b10-9+. The van der Waals surface area contributed by atoms with Gasteiger partial charge in [-0.3, -0.25) is 4.79 Å². The third kappa shape index (κ3) is 4.55. The first-order valence-corrected chi connectivity index (χ1v) is 10.6. The van der Waals surface area contributed by atoms with Gasteiger partial charge in [0.15, 0.2) is 0 Å². The highest BCUT2D eigenvalue weighted by Gasteiger charge is 2.29. The summed E-state index contributed by atoms with van der Waals surface area (Å²) in [7, 11) is -2.04. The van der Waals surface area contributed by atoms with Gasteiger partial charge in [-0.05, 0) is 30.3 Å². The molecule has 0 bridgehead atoms. The maximum absolute atomic E-state index is 12.7. The van der Waals surface area contributed by atoms with Crippen molar-refractivity contribution in [2.45, 2.75) is 4.90 Å². The smallest absolute Gasteiger partial charge is 0.246 e. The van der Waals surface area contributed by atoms with Crippen LogP contribution in [-0.4, -0.2) is 56.8 Å². The van der Waals surface area contributed by atoms with E-state index in [-0.39, 0.29) is 23.9 Å². The highest BCUT2D eigenvalue weighted by Crippen LogP contribution is 2.21. The van der Waals surface area contributed by atoms with E-state index >= 15 is 0 Å². The van der Waals surface area contributed by atoms with Crippen molar-refractivity contribution in [3.05, 3.63) is 65.2 Å². The van der Waals surface area contributed by atoms with Crippen LogP contribution in [0.1, 0.15) is 5.56 Å². The topological polar surface area (TPSA) is 66.9 Å². The van der Waals surface area contributed by atoms with Crippen LogP contribution in [0.2, 0.25) is 5.02 Å². The van der Waals surface area contributed by atoms with Gasteiger partial charge in [-0.15, -0.1) is 0 Å². The molecule has 0 radical (unpaired) electrons. The number of hydrogen-bond acceptors (Lipinski definition) is 4. The van der Waals surface area contributed by atoms with Crippen LogP contribution in [0.5, 0.6) is 5.75 Å². The first kappa shape index (κ1) is 20.4. The Labute approximate surface area is 170 Å². The van der Waals surface area contributed by atoms with Crippen molar-refractivity contribution in [2.75, 3.05) is 33.3 Å². The molecular formula is C20H21ClN2O4S. The summed E-state index contributed by atoms with van der Waals surface area (Å²) in [6.07, 6.45) is 3.19. The number of ether oxygens (including phenoxy) is 1. The molecule has 8 heteroatoms. The third-order valence-corrected chi connectivity index (χ3v) is 6.66. The van der Waals surface area contributed by atoms with Gasteiger partial charge in [0, 0.05) is 42.8 Å². The second kappa shape index (κ2) is 8.77. The molecule has 1 amide bonds. The first-order valence-electron chi connectivity index (χ1n) is 8.77. The number of hydrogen-bond donors (Lipinski definition) is 0. The van der Waals surface area contributed by atoms with Crippen molar-refractivity contribution in [3.63, 3.8) is 0 Å². The minimum Gasteiger partial charge on any atom is -0.496 e.